The fraction of sp³-hybridized carbons (Fsp3) is 0.778. The average molecular weight is 142 g/mol. The van der Waals surface area contributed by atoms with Crippen LogP contribution in [0.3, 0.4) is 0 Å². The van der Waals surface area contributed by atoms with Gasteiger partial charge >= 0.3 is 0 Å². The van der Waals surface area contributed by atoms with Crippen LogP contribution in [0.15, 0.2) is 12.2 Å². The molecule has 0 saturated carbocycles. The zero-order valence-electron chi connectivity index (χ0n) is 7.17. The lowest BCUT2D eigenvalue weighted by Crippen LogP contribution is -2.14. The molecule has 0 spiro atoms. The van der Waals surface area contributed by atoms with E-state index >= 15 is 0 Å². The fourth-order valence-electron chi connectivity index (χ4n) is 1.02. The fourth-order valence-corrected chi connectivity index (χ4v) is 1.02. The summed E-state index contributed by atoms with van der Waals surface area (Å²) in [6, 6.07) is 0. The van der Waals surface area contributed by atoms with Crippen molar-refractivity contribution < 1.29 is 5.11 Å². The van der Waals surface area contributed by atoms with Crippen LogP contribution in [0, 0.1) is 5.92 Å². The van der Waals surface area contributed by atoms with Crippen LogP contribution in [0.2, 0.25) is 0 Å². The van der Waals surface area contributed by atoms with E-state index in [9.17, 15) is 5.11 Å². The molecule has 0 aromatic heterocycles. The van der Waals surface area contributed by atoms with Gasteiger partial charge in [-0.2, -0.15) is 0 Å². The van der Waals surface area contributed by atoms with Gasteiger partial charge in [0.2, 0.25) is 0 Å². The van der Waals surface area contributed by atoms with Gasteiger partial charge in [0.15, 0.2) is 0 Å². The van der Waals surface area contributed by atoms with Crippen molar-refractivity contribution in [1.29, 1.82) is 0 Å². The molecule has 0 amide bonds. The first-order valence-electron chi connectivity index (χ1n) is 4.01. The Morgan fingerprint density at radius 2 is 2.10 bits per heavy atom. The van der Waals surface area contributed by atoms with Crippen molar-refractivity contribution in [2.75, 3.05) is 0 Å². The number of allylic oxidation sites excluding steroid dienone is 2. The highest BCUT2D eigenvalue weighted by Gasteiger charge is 2.09. The largest absolute Gasteiger partial charge is 0.393 e. The van der Waals surface area contributed by atoms with Gasteiger partial charge in [-0.25, -0.2) is 0 Å². The lowest BCUT2D eigenvalue weighted by molar-refractivity contribution is 0.124. The number of aliphatic hydroxyl groups is 1. The molecule has 60 valence electrons. The van der Waals surface area contributed by atoms with Crippen LogP contribution in [-0.2, 0) is 0 Å². The number of rotatable bonds is 4. The summed E-state index contributed by atoms with van der Waals surface area (Å²) in [5.74, 6) is 0.441. The minimum absolute atomic E-state index is 0.166. The van der Waals surface area contributed by atoms with E-state index in [2.05, 4.69) is 13.0 Å². The summed E-state index contributed by atoms with van der Waals surface area (Å²) in [6.45, 7) is 5.98. The van der Waals surface area contributed by atoms with Gasteiger partial charge in [0.1, 0.15) is 0 Å². The highest BCUT2D eigenvalue weighted by Crippen LogP contribution is 2.13. The Bertz CT molecular complexity index is 94.9. The third-order valence-electron chi connectivity index (χ3n) is 1.88. The summed E-state index contributed by atoms with van der Waals surface area (Å²) in [5, 5.41) is 9.20. The summed E-state index contributed by atoms with van der Waals surface area (Å²) >= 11 is 0. The SMILES string of the molecule is CC=CCC(CC)C(C)O. The van der Waals surface area contributed by atoms with Crippen LogP contribution in [0.1, 0.15) is 33.6 Å². The maximum Gasteiger partial charge on any atom is 0.0543 e. The second kappa shape index (κ2) is 5.48. The summed E-state index contributed by atoms with van der Waals surface area (Å²) in [6.07, 6.45) is 6.04. The normalized spacial score (nSPS) is 17.6. The molecule has 1 N–H and O–H groups in total. The van der Waals surface area contributed by atoms with Gasteiger partial charge in [-0.1, -0.05) is 25.5 Å². The zero-order valence-corrected chi connectivity index (χ0v) is 7.17. The van der Waals surface area contributed by atoms with Crippen molar-refractivity contribution in [2.24, 2.45) is 5.92 Å². The maximum absolute atomic E-state index is 9.20. The Balaban J connectivity index is 3.60. The molecule has 0 saturated heterocycles. The molecule has 1 nitrogen and oxygen atoms in total. The van der Waals surface area contributed by atoms with Gasteiger partial charge in [0.25, 0.3) is 0 Å². The van der Waals surface area contributed by atoms with E-state index in [-0.39, 0.29) is 6.10 Å². The Hall–Kier alpha value is -0.300. The van der Waals surface area contributed by atoms with Crippen LogP contribution in [0.25, 0.3) is 0 Å². The molecule has 0 heterocycles. The molecular formula is C9H18O. The highest BCUT2D eigenvalue weighted by molar-refractivity contribution is 4.81. The molecule has 10 heavy (non-hydrogen) atoms. The molecular weight excluding hydrogens is 124 g/mol. The van der Waals surface area contributed by atoms with E-state index in [1.807, 2.05) is 19.9 Å². The topological polar surface area (TPSA) is 20.2 Å². The van der Waals surface area contributed by atoms with E-state index in [0.29, 0.717) is 5.92 Å². The molecule has 0 rings (SSSR count). The third-order valence-corrected chi connectivity index (χ3v) is 1.88. The summed E-state index contributed by atoms with van der Waals surface area (Å²) < 4.78 is 0. The Labute approximate surface area is 63.8 Å². The van der Waals surface area contributed by atoms with Gasteiger partial charge in [-0.3, -0.25) is 0 Å². The van der Waals surface area contributed by atoms with Gasteiger partial charge in [-0.05, 0) is 26.2 Å². The third kappa shape index (κ3) is 3.67. The molecule has 2 atom stereocenters. The average Bonchev–Trinajstić information content (AvgIpc) is 1.89. The molecule has 2 unspecified atom stereocenters. The minimum atomic E-state index is -0.166. The summed E-state index contributed by atoms with van der Waals surface area (Å²) in [7, 11) is 0. The van der Waals surface area contributed by atoms with Crippen molar-refractivity contribution in [3.05, 3.63) is 12.2 Å². The summed E-state index contributed by atoms with van der Waals surface area (Å²) in [4.78, 5) is 0. The van der Waals surface area contributed by atoms with Crippen molar-refractivity contribution in [3.8, 4) is 0 Å². The Morgan fingerprint density at radius 3 is 2.40 bits per heavy atom. The van der Waals surface area contributed by atoms with E-state index in [1.165, 1.54) is 0 Å². The van der Waals surface area contributed by atoms with Crippen molar-refractivity contribution in [1.82, 2.24) is 0 Å². The van der Waals surface area contributed by atoms with E-state index < -0.39 is 0 Å². The monoisotopic (exact) mass is 142 g/mol. The van der Waals surface area contributed by atoms with Gasteiger partial charge in [0, 0.05) is 0 Å². The molecule has 0 aromatic rings. The van der Waals surface area contributed by atoms with Crippen LogP contribution in [0.5, 0.6) is 0 Å². The Kier molecular flexibility index (Phi) is 5.32. The molecule has 0 aliphatic carbocycles. The first-order valence-corrected chi connectivity index (χ1v) is 4.01. The van der Waals surface area contributed by atoms with Crippen LogP contribution < -0.4 is 0 Å². The van der Waals surface area contributed by atoms with Crippen molar-refractivity contribution in [2.45, 2.75) is 39.7 Å². The standard InChI is InChI=1S/C9H18O/c1-4-6-7-9(5-2)8(3)10/h4,6,8-10H,5,7H2,1-3H3. The lowest BCUT2D eigenvalue weighted by atomic mass is 9.97. The first kappa shape index (κ1) is 9.70. The molecule has 0 aliphatic heterocycles. The summed E-state index contributed by atoms with van der Waals surface area (Å²) in [5.41, 5.74) is 0. The van der Waals surface area contributed by atoms with Crippen LogP contribution >= 0.6 is 0 Å². The van der Waals surface area contributed by atoms with E-state index in [1.54, 1.807) is 0 Å². The quantitative estimate of drug-likeness (QED) is 0.597. The lowest BCUT2D eigenvalue weighted by Gasteiger charge is -2.14. The maximum atomic E-state index is 9.20. The van der Waals surface area contributed by atoms with Gasteiger partial charge in [-0.15, -0.1) is 0 Å². The highest BCUT2D eigenvalue weighted by atomic mass is 16.3. The molecule has 0 aromatic carbocycles. The first-order chi connectivity index (χ1) is 4.72. The molecule has 1 heteroatoms. The van der Waals surface area contributed by atoms with Crippen molar-refractivity contribution in [3.63, 3.8) is 0 Å². The van der Waals surface area contributed by atoms with Crippen molar-refractivity contribution >= 4 is 0 Å². The molecule has 0 fully saturated rings. The molecule has 0 radical (unpaired) electrons. The number of aliphatic hydroxyl groups excluding tert-OH is 1. The second-order valence-electron chi connectivity index (χ2n) is 2.71. The predicted molar refractivity (Wildman–Crippen MR) is 44.9 cm³/mol. The van der Waals surface area contributed by atoms with Crippen LogP contribution in [0.4, 0.5) is 0 Å². The van der Waals surface area contributed by atoms with E-state index in [4.69, 9.17) is 0 Å². The van der Waals surface area contributed by atoms with Crippen LogP contribution in [-0.4, -0.2) is 11.2 Å². The minimum Gasteiger partial charge on any atom is -0.393 e. The second-order valence-corrected chi connectivity index (χ2v) is 2.71. The van der Waals surface area contributed by atoms with Gasteiger partial charge < -0.3 is 5.11 Å². The predicted octanol–water partition coefficient (Wildman–Crippen LogP) is 2.36. The molecule has 0 aliphatic rings. The van der Waals surface area contributed by atoms with Gasteiger partial charge in [0.05, 0.1) is 6.10 Å². The zero-order chi connectivity index (χ0) is 7.98. The number of hydrogen-bond acceptors (Lipinski definition) is 1. The number of hydrogen-bond donors (Lipinski definition) is 1. The Morgan fingerprint density at radius 1 is 1.50 bits per heavy atom. The van der Waals surface area contributed by atoms with E-state index in [0.717, 1.165) is 12.8 Å². The smallest absolute Gasteiger partial charge is 0.0543 e. The molecule has 0 bridgehead atoms.